The number of aryl methyl sites for hydroxylation is 1. The maximum Gasteiger partial charge on any atom is 0.295 e. The van der Waals surface area contributed by atoms with Crippen LogP contribution in [0.1, 0.15) is 23.6 Å². The third kappa shape index (κ3) is 3.47. The molecule has 4 aromatic rings. The lowest BCUT2D eigenvalue weighted by Crippen LogP contribution is -2.31. The van der Waals surface area contributed by atoms with Gasteiger partial charge in [0.1, 0.15) is 5.76 Å². The summed E-state index contributed by atoms with van der Waals surface area (Å²) in [4.78, 5) is 28.2. The zero-order valence-corrected chi connectivity index (χ0v) is 19.2. The minimum absolute atomic E-state index is 0.120. The summed E-state index contributed by atoms with van der Waals surface area (Å²) in [5, 5.41) is 14.3. The molecule has 1 amide bonds. The van der Waals surface area contributed by atoms with Crippen molar-refractivity contribution in [3.05, 3.63) is 89.6 Å². The fourth-order valence-corrected chi connectivity index (χ4v) is 4.98. The van der Waals surface area contributed by atoms with Crippen molar-refractivity contribution >= 4 is 39.1 Å². The molecule has 6 nitrogen and oxygen atoms in total. The van der Waals surface area contributed by atoms with Crippen LogP contribution in [-0.4, -0.2) is 46.5 Å². The van der Waals surface area contributed by atoms with E-state index in [4.69, 9.17) is 4.74 Å². The number of likely N-dealkylation sites (tertiary alicyclic amines) is 1. The molecule has 0 radical (unpaired) electrons. The Labute approximate surface area is 197 Å². The summed E-state index contributed by atoms with van der Waals surface area (Å²) in [5.41, 5.74) is 2.47. The van der Waals surface area contributed by atoms with Gasteiger partial charge in [-0.15, -0.1) is 0 Å². The normalized spacial score (nSPS) is 17.8. The number of ether oxygens (including phenoxy) is 1. The second kappa shape index (κ2) is 8.80. The number of benzene rings is 3. The van der Waals surface area contributed by atoms with Crippen LogP contribution in [0.3, 0.4) is 0 Å². The highest BCUT2D eigenvalue weighted by Gasteiger charge is 2.46. The van der Waals surface area contributed by atoms with E-state index in [-0.39, 0.29) is 11.3 Å². The Morgan fingerprint density at radius 3 is 2.47 bits per heavy atom. The van der Waals surface area contributed by atoms with Gasteiger partial charge in [0.05, 0.1) is 11.6 Å². The number of aromatic nitrogens is 1. The average Bonchev–Trinajstić information content (AvgIpc) is 3.32. The van der Waals surface area contributed by atoms with Gasteiger partial charge in [-0.1, -0.05) is 60.7 Å². The molecule has 0 bridgehead atoms. The van der Waals surface area contributed by atoms with Gasteiger partial charge in [0, 0.05) is 55.5 Å². The van der Waals surface area contributed by atoms with Crippen LogP contribution in [0.25, 0.3) is 27.4 Å². The number of para-hydroxylation sites is 1. The fourth-order valence-electron chi connectivity index (χ4n) is 4.98. The number of fused-ring (bicyclic) bond motifs is 2. The molecule has 1 aromatic heterocycles. The molecule has 3 aromatic carbocycles. The molecular weight excluding hydrogens is 428 g/mol. The van der Waals surface area contributed by atoms with Gasteiger partial charge in [-0.05, 0) is 23.3 Å². The van der Waals surface area contributed by atoms with Crippen LogP contribution in [-0.2, 0) is 21.4 Å². The Morgan fingerprint density at radius 1 is 0.971 bits per heavy atom. The number of hydrogen-bond acceptors (Lipinski definition) is 4. The van der Waals surface area contributed by atoms with E-state index in [1.54, 1.807) is 18.1 Å². The molecule has 1 unspecified atom stereocenters. The van der Waals surface area contributed by atoms with E-state index >= 15 is 0 Å². The summed E-state index contributed by atoms with van der Waals surface area (Å²) in [6.07, 6.45) is 2.53. The number of Topliss-reactive ketones (excluding diaryl/α,β-unsaturated/α-hetero) is 1. The van der Waals surface area contributed by atoms with Gasteiger partial charge >= 0.3 is 0 Å². The average molecular weight is 455 g/mol. The van der Waals surface area contributed by atoms with E-state index < -0.39 is 17.7 Å². The number of carbonyl (C=O) groups is 2. The molecule has 1 fully saturated rings. The monoisotopic (exact) mass is 454 g/mol. The minimum atomic E-state index is -0.693. The molecule has 1 aliphatic rings. The van der Waals surface area contributed by atoms with E-state index in [1.807, 2.05) is 78.5 Å². The number of hydrogen-bond donors (Lipinski definition) is 1. The Kier molecular flexibility index (Phi) is 5.67. The second-order valence-electron chi connectivity index (χ2n) is 8.58. The van der Waals surface area contributed by atoms with Gasteiger partial charge in [0.25, 0.3) is 11.7 Å². The second-order valence-corrected chi connectivity index (χ2v) is 8.58. The number of amides is 1. The van der Waals surface area contributed by atoms with Crippen LogP contribution in [0.4, 0.5) is 0 Å². The van der Waals surface area contributed by atoms with E-state index in [0.29, 0.717) is 25.1 Å². The fraction of sp³-hybridized carbons (Fsp3) is 0.214. The van der Waals surface area contributed by atoms with Crippen molar-refractivity contribution < 1.29 is 19.4 Å². The highest BCUT2D eigenvalue weighted by Crippen LogP contribution is 2.43. The summed E-state index contributed by atoms with van der Waals surface area (Å²) in [5.74, 6) is -1.42. The topological polar surface area (TPSA) is 71.8 Å². The van der Waals surface area contributed by atoms with Gasteiger partial charge in [0.15, 0.2) is 0 Å². The number of methoxy groups -OCH3 is 1. The third-order valence-corrected chi connectivity index (χ3v) is 6.55. The standard InChI is InChI=1S/C28H26N2O4/c1-29-17-22(20-12-5-6-14-23(20)29)25-24(27(32)28(33)30(25)15-8-16-34-2)26(31)21-13-7-10-18-9-3-4-11-19(18)21/h3-7,9-14,17,25,31H,8,15-16H2,1-2H3/b26-24+. The molecule has 0 spiro atoms. The molecule has 1 N–H and O–H groups in total. The van der Waals surface area contributed by atoms with Gasteiger partial charge < -0.3 is 19.3 Å². The zero-order chi connectivity index (χ0) is 23.8. The smallest absolute Gasteiger partial charge is 0.295 e. The van der Waals surface area contributed by atoms with Crippen molar-refractivity contribution in [3.8, 4) is 0 Å². The van der Waals surface area contributed by atoms with Gasteiger partial charge in [-0.3, -0.25) is 9.59 Å². The molecule has 1 aliphatic heterocycles. The maximum atomic E-state index is 13.4. The van der Waals surface area contributed by atoms with Crippen molar-refractivity contribution in [2.45, 2.75) is 12.5 Å². The van der Waals surface area contributed by atoms with Crippen LogP contribution in [0, 0.1) is 0 Å². The number of rotatable bonds is 6. The molecule has 5 rings (SSSR count). The summed E-state index contributed by atoms with van der Waals surface area (Å²) in [7, 11) is 3.55. The van der Waals surface area contributed by atoms with Crippen LogP contribution in [0.2, 0.25) is 0 Å². The Morgan fingerprint density at radius 2 is 1.68 bits per heavy atom. The first-order valence-corrected chi connectivity index (χ1v) is 11.3. The molecular formula is C28H26N2O4. The zero-order valence-electron chi connectivity index (χ0n) is 19.2. The van der Waals surface area contributed by atoms with Crippen LogP contribution < -0.4 is 0 Å². The summed E-state index contributed by atoms with van der Waals surface area (Å²) >= 11 is 0. The van der Waals surface area contributed by atoms with Crippen molar-refractivity contribution in [3.63, 3.8) is 0 Å². The van der Waals surface area contributed by atoms with Crippen molar-refractivity contribution in [2.24, 2.45) is 7.05 Å². The Bertz CT molecular complexity index is 1440. The number of carbonyl (C=O) groups excluding carboxylic acids is 2. The summed E-state index contributed by atoms with van der Waals surface area (Å²) in [6.45, 7) is 0.813. The first-order chi connectivity index (χ1) is 16.5. The molecule has 0 aliphatic carbocycles. The van der Waals surface area contributed by atoms with E-state index in [1.165, 1.54) is 0 Å². The Balaban J connectivity index is 1.75. The van der Waals surface area contributed by atoms with Gasteiger partial charge in [-0.2, -0.15) is 0 Å². The lowest BCUT2D eigenvalue weighted by atomic mass is 9.93. The van der Waals surface area contributed by atoms with Crippen molar-refractivity contribution in [2.75, 3.05) is 20.3 Å². The number of aliphatic hydroxyl groups excluding tert-OH is 1. The SMILES string of the molecule is COCCCN1C(=O)C(=O)/C(=C(/O)c2cccc3ccccc23)C1c1cn(C)c2ccccc12. The maximum absolute atomic E-state index is 13.4. The molecule has 0 saturated carbocycles. The molecule has 172 valence electrons. The first-order valence-electron chi connectivity index (χ1n) is 11.3. The van der Waals surface area contributed by atoms with E-state index in [0.717, 1.165) is 27.2 Å². The lowest BCUT2D eigenvalue weighted by Gasteiger charge is -2.25. The highest BCUT2D eigenvalue weighted by molar-refractivity contribution is 6.46. The predicted octanol–water partition coefficient (Wildman–Crippen LogP) is 4.79. The van der Waals surface area contributed by atoms with Crippen LogP contribution in [0.5, 0.6) is 0 Å². The largest absolute Gasteiger partial charge is 0.507 e. The molecule has 6 heteroatoms. The van der Waals surface area contributed by atoms with Gasteiger partial charge in [-0.25, -0.2) is 0 Å². The molecule has 34 heavy (non-hydrogen) atoms. The number of aliphatic hydroxyl groups is 1. The molecule has 1 atom stereocenters. The minimum Gasteiger partial charge on any atom is -0.507 e. The first kappa shape index (κ1) is 21.9. The summed E-state index contributed by atoms with van der Waals surface area (Å²) in [6, 6.07) is 20.5. The highest BCUT2D eigenvalue weighted by atomic mass is 16.5. The van der Waals surface area contributed by atoms with Crippen molar-refractivity contribution in [1.29, 1.82) is 0 Å². The number of ketones is 1. The predicted molar refractivity (Wildman–Crippen MR) is 132 cm³/mol. The Hall–Kier alpha value is -3.90. The third-order valence-electron chi connectivity index (χ3n) is 6.55. The lowest BCUT2D eigenvalue weighted by molar-refractivity contribution is -0.140. The summed E-state index contributed by atoms with van der Waals surface area (Å²) < 4.78 is 7.17. The van der Waals surface area contributed by atoms with E-state index in [2.05, 4.69) is 0 Å². The van der Waals surface area contributed by atoms with Crippen LogP contribution >= 0.6 is 0 Å². The van der Waals surface area contributed by atoms with Crippen LogP contribution in [0.15, 0.2) is 78.5 Å². The van der Waals surface area contributed by atoms with Gasteiger partial charge in [0.2, 0.25) is 0 Å². The van der Waals surface area contributed by atoms with E-state index in [9.17, 15) is 14.7 Å². The van der Waals surface area contributed by atoms with Crippen molar-refractivity contribution in [1.82, 2.24) is 9.47 Å². The molecule has 1 saturated heterocycles. The molecule has 2 heterocycles. The quantitative estimate of drug-likeness (QED) is 0.197. The number of nitrogens with zero attached hydrogens (tertiary/aromatic N) is 2.